The zero-order chi connectivity index (χ0) is 38.2. The van der Waals surface area contributed by atoms with Crippen LogP contribution in [0.25, 0.3) is 121 Å². The quantitative estimate of drug-likeness (QED) is 0.169. The van der Waals surface area contributed by atoms with Gasteiger partial charge in [-0.05, 0) is 110 Å². The molecule has 4 aromatic heterocycles. The third-order valence-corrected chi connectivity index (χ3v) is 11.6. The Hall–Kier alpha value is -7.82. The molecule has 268 valence electrons. The Balaban J connectivity index is 0.831. The van der Waals surface area contributed by atoms with Gasteiger partial charge >= 0.3 is 0 Å². The Labute approximate surface area is 333 Å². The molecule has 0 saturated heterocycles. The summed E-state index contributed by atoms with van der Waals surface area (Å²) in [5.74, 6) is 0. The summed E-state index contributed by atoms with van der Waals surface area (Å²) in [6, 6.07) is 66.9. The van der Waals surface area contributed by atoms with Crippen molar-refractivity contribution in [1.82, 2.24) is 19.9 Å². The van der Waals surface area contributed by atoms with Crippen molar-refractivity contribution in [3.8, 4) is 44.9 Å². The fraction of sp³-hybridized carbons (Fsp3) is 0. The topological polar surface area (TPSA) is 51.6 Å². The molecule has 4 heterocycles. The van der Waals surface area contributed by atoms with Crippen molar-refractivity contribution < 1.29 is 0 Å². The van der Waals surface area contributed by atoms with Gasteiger partial charge in [-0.25, -0.2) is 15.0 Å². The summed E-state index contributed by atoms with van der Waals surface area (Å²) >= 11 is 0. The van der Waals surface area contributed by atoms with E-state index in [0.717, 1.165) is 99.3 Å². The number of fused-ring (bicyclic) bond motifs is 9. The first-order chi connectivity index (χ1) is 28.7. The third-order valence-electron chi connectivity index (χ3n) is 11.6. The largest absolute Gasteiger partial charge is 0.254 e. The molecule has 8 aromatic carbocycles. The Morgan fingerprint density at radius 3 is 1.50 bits per heavy atom. The second-order valence-corrected chi connectivity index (χ2v) is 15.1. The molecule has 0 aliphatic rings. The standard InChI is InChI=1S/C54H32N4/c1-2-8-44-39(6-1)32-47(46-10-4-3-9-45(44)46)52-26-21-43-31-38(19-24-50(43)57-52)37-18-23-48-42(30-37)20-25-49(56-48)40-15-13-36-29-41(16-14-35(36)28-40)51-22-17-34-12-11-33-7-5-27-55-53(33)54(34)58-51/h1-32H. The maximum atomic E-state index is 5.17. The lowest BCUT2D eigenvalue weighted by Crippen LogP contribution is -1.90. The van der Waals surface area contributed by atoms with Gasteiger partial charge in [-0.15, -0.1) is 0 Å². The summed E-state index contributed by atoms with van der Waals surface area (Å²) in [6.07, 6.45) is 1.83. The highest BCUT2D eigenvalue weighted by atomic mass is 14.8. The second kappa shape index (κ2) is 12.9. The van der Waals surface area contributed by atoms with Crippen LogP contribution in [0.5, 0.6) is 0 Å². The first-order valence-electron chi connectivity index (χ1n) is 19.6. The maximum absolute atomic E-state index is 5.17. The summed E-state index contributed by atoms with van der Waals surface area (Å²) in [5.41, 5.74) is 12.3. The van der Waals surface area contributed by atoms with E-state index in [1.54, 1.807) is 0 Å². The van der Waals surface area contributed by atoms with E-state index in [1.807, 2.05) is 12.3 Å². The Kier molecular flexibility index (Phi) is 7.20. The molecule has 4 nitrogen and oxygen atoms in total. The first-order valence-corrected chi connectivity index (χ1v) is 19.6. The van der Waals surface area contributed by atoms with Crippen LogP contribution in [0.3, 0.4) is 0 Å². The molecule has 0 amide bonds. The van der Waals surface area contributed by atoms with Gasteiger partial charge in [0.1, 0.15) is 0 Å². The van der Waals surface area contributed by atoms with E-state index in [2.05, 4.69) is 187 Å². The van der Waals surface area contributed by atoms with Crippen LogP contribution in [-0.4, -0.2) is 19.9 Å². The molecule has 0 spiro atoms. The van der Waals surface area contributed by atoms with Gasteiger partial charge in [0.25, 0.3) is 0 Å². The number of benzene rings is 8. The van der Waals surface area contributed by atoms with Gasteiger partial charge < -0.3 is 0 Å². The number of hydrogen-bond acceptors (Lipinski definition) is 4. The van der Waals surface area contributed by atoms with Crippen molar-refractivity contribution in [3.05, 3.63) is 194 Å². The van der Waals surface area contributed by atoms with Crippen LogP contribution in [0, 0.1) is 0 Å². The summed E-state index contributed by atoms with van der Waals surface area (Å²) in [5, 5.41) is 11.7. The van der Waals surface area contributed by atoms with Gasteiger partial charge in [0.2, 0.25) is 0 Å². The van der Waals surface area contributed by atoms with E-state index < -0.39 is 0 Å². The molecule has 12 aromatic rings. The van der Waals surface area contributed by atoms with Crippen molar-refractivity contribution in [2.75, 3.05) is 0 Å². The highest BCUT2D eigenvalue weighted by Gasteiger charge is 2.12. The number of hydrogen-bond donors (Lipinski definition) is 0. The molecule has 0 N–H and O–H groups in total. The number of rotatable bonds is 4. The summed E-state index contributed by atoms with van der Waals surface area (Å²) in [6.45, 7) is 0. The minimum absolute atomic E-state index is 0.927. The SMILES string of the molecule is c1ccc2c(c1)cc(-c1ccc3cc(-c4ccc5nc(-c6ccc7cc(-c8ccc9ccc%10cccnc%10c9n8)ccc7c6)ccc5c4)ccc3n1)c1ccccc12. The van der Waals surface area contributed by atoms with Crippen molar-refractivity contribution in [1.29, 1.82) is 0 Å². The van der Waals surface area contributed by atoms with Crippen molar-refractivity contribution in [2.24, 2.45) is 0 Å². The Morgan fingerprint density at radius 2 is 0.776 bits per heavy atom. The average molecular weight is 737 g/mol. The Morgan fingerprint density at radius 1 is 0.276 bits per heavy atom. The summed E-state index contributed by atoms with van der Waals surface area (Å²) in [4.78, 5) is 20.0. The predicted molar refractivity (Wildman–Crippen MR) is 242 cm³/mol. The third kappa shape index (κ3) is 5.38. The van der Waals surface area contributed by atoms with Crippen molar-refractivity contribution in [2.45, 2.75) is 0 Å². The lowest BCUT2D eigenvalue weighted by molar-refractivity contribution is 1.37. The van der Waals surface area contributed by atoms with Crippen molar-refractivity contribution in [3.63, 3.8) is 0 Å². The molecule has 0 aliphatic carbocycles. The smallest absolute Gasteiger partial charge is 0.0972 e. The molecule has 0 aliphatic heterocycles. The lowest BCUT2D eigenvalue weighted by atomic mass is 9.95. The van der Waals surface area contributed by atoms with Gasteiger partial charge in [0.15, 0.2) is 0 Å². The van der Waals surface area contributed by atoms with Crippen LogP contribution in [0.15, 0.2) is 194 Å². The average Bonchev–Trinajstić information content (AvgIpc) is 3.30. The number of pyridine rings is 4. The monoisotopic (exact) mass is 736 g/mol. The predicted octanol–water partition coefficient (Wildman–Crippen LogP) is 14.0. The van der Waals surface area contributed by atoms with Crippen LogP contribution in [0.2, 0.25) is 0 Å². The van der Waals surface area contributed by atoms with Gasteiger partial charge in [-0.1, -0.05) is 121 Å². The molecular formula is C54H32N4. The van der Waals surface area contributed by atoms with Crippen LogP contribution >= 0.6 is 0 Å². The highest BCUT2D eigenvalue weighted by Crippen LogP contribution is 2.36. The fourth-order valence-electron chi connectivity index (χ4n) is 8.64. The van der Waals surface area contributed by atoms with E-state index in [-0.39, 0.29) is 0 Å². The molecule has 4 heteroatoms. The molecule has 0 radical (unpaired) electrons. The number of aromatic nitrogens is 4. The first kappa shape index (κ1) is 32.4. The molecule has 0 bridgehead atoms. The zero-order valence-corrected chi connectivity index (χ0v) is 31.3. The van der Waals surface area contributed by atoms with E-state index in [9.17, 15) is 0 Å². The summed E-state index contributed by atoms with van der Waals surface area (Å²) < 4.78 is 0. The summed E-state index contributed by atoms with van der Waals surface area (Å²) in [7, 11) is 0. The molecule has 0 unspecified atom stereocenters. The van der Waals surface area contributed by atoms with Crippen LogP contribution in [0.4, 0.5) is 0 Å². The van der Waals surface area contributed by atoms with E-state index >= 15 is 0 Å². The van der Waals surface area contributed by atoms with Gasteiger partial charge in [-0.3, -0.25) is 4.98 Å². The molecular weight excluding hydrogens is 705 g/mol. The molecule has 0 atom stereocenters. The molecule has 0 fully saturated rings. The Bertz CT molecular complexity index is 3650. The fourth-order valence-corrected chi connectivity index (χ4v) is 8.64. The molecule has 12 rings (SSSR count). The lowest BCUT2D eigenvalue weighted by Gasteiger charge is -2.12. The number of nitrogens with zero attached hydrogens (tertiary/aromatic N) is 4. The van der Waals surface area contributed by atoms with Crippen LogP contribution in [-0.2, 0) is 0 Å². The van der Waals surface area contributed by atoms with Crippen LogP contribution in [0.1, 0.15) is 0 Å². The van der Waals surface area contributed by atoms with Crippen LogP contribution < -0.4 is 0 Å². The minimum Gasteiger partial charge on any atom is -0.254 e. The normalized spacial score (nSPS) is 11.8. The zero-order valence-electron chi connectivity index (χ0n) is 31.3. The minimum atomic E-state index is 0.927. The maximum Gasteiger partial charge on any atom is 0.0972 e. The van der Waals surface area contributed by atoms with E-state index in [4.69, 9.17) is 15.0 Å². The van der Waals surface area contributed by atoms with Gasteiger partial charge in [-0.2, -0.15) is 0 Å². The van der Waals surface area contributed by atoms with E-state index in [0.29, 0.717) is 0 Å². The van der Waals surface area contributed by atoms with Crippen molar-refractivity contribution >= 4 is 75.9 Å². The molecule has 58 heavy (non-hydrogen) atoms. The van der Waals surface area contributed by atoms with E-state index in [1.165, 1.54) is 21.5 Å². The highest BCUT2D eigenvalue weighted by molar-refractivity contribution is 6.13. The van der Waals surface area contributed by atoms with Gasteiger partial charge in [0.05, 0.1) is 39.1 Å². The molecule has 0 saturated carbocycles. The second-order valence-electron chi connectivity index (χ2n) is 15.1. The van der Waals surface area contributed by atoms with Gasteiger partial charge in [0, 0.05) is 44.4 Å².